The van der Waals surface area contributed by atoms with Gasteiger partial charge in [-0.15, -0.1) is 0 Å². The molecule has 0 aliphatic heterocycles. The van der Waals surface area contributed by atoms with Gasteiger partial charge in [0, 0.05) is 11.4 Å². The zero-order valence-corrected chi connectivity index (χ0v) is 8.58. The van der Waals surface area contributed by atoms with Crippen LogP contribution in [0.1, 0.15) is 12.5 Å². The molecule has 1 aromatic carbocycles. The molecule has 1 aromatic heterocycles. The Hall–Kier alpha value is -1.28. The molecule has 0 saturated carbocycles. The Labute approximate surface area is 83.9 Å². The van der Waals surface area contributed by atoms with E-state index in [1.807, 2.05) is 31.5 Å². The Bertz CT molecular complexity index is 419. The van der Waals surface area contributed by atoms with Crippen LogP contribution in [0.5, 0.6) is 0 Å². The molecule has 2 heteroatoms. The quantitative estimate of drug-likeness (QED) is 0.802. The fourth-order valence-corrected chi connectivity index (χ4v) is 1.62. The van der Waals surface area contributed by atoms with Crippen molar-refractivity contribution in [1.29, 1.82) is 0 Å². The number of benzene rings is 1. The van der Waals surface area contributed by atoms with Crippen molar-refractivity contribution in [3.8, 4) is 0 Å². The van der Waals surface area contributed by atoms with Crippen molar-refractivity contribution in [2.45, 2.75) is 19.4 Å². The minimum absolute atomic E-state index is 0.482. The van der Waals surface area contributed by atoms with Crippen LogP contribution in [0.25, 0.3) is 11.0 Å². The predicted octanol–water partition coefficient (Wildman–Crippen LogP) is 2.58. The topological polar surface area (TPSA) is 25.2 Å². The first kappa shape index (κ1) is 9.28. The molecule has 1 heterocycles. The maximum Gasteiger partial charge on any atom is 0.134 e. The minimum Gasteiger partial charge on any atom is -0.464 e. The van der Waals surface area contributed by atoms with Gasteiger partial charge in [0.25, 0.3) is 0 Å². The number of hydrogen-bond acceptors (Lipinski definition) is 2. The van der Waals surface area contributed by atoms with Gasteiger partial charge in [-0.05, 0) is 32.0 Å². The normalized spacial score (nSPS) is 13.3. The monoisotopic (exact) mass is 189 g/mol. The molecule has 0 aliphatic rings. The van der Waals surface area contributed by atoms with E-state index in [4.69, 9.17) is 4.42 Å². The summed E-state index contributed by atoms with van der Waals surface area (Å²) in [4.78, 5) is 0. The highest BCUT2D eigenvalue weighted by molar-refractivity contribution is 5.80. The summed E-state index contributed by atoms with van der Waals surface area (Å²) in [5.74, 6) is 0. The lowest BCUT2D eigenvalue weighted by molar-refractivity contribution is 0.583. The van der Waals surface area contributed by atoms with E-state index in [1.54, 1.807) is 0 Å². The maximum atomic E-state index is 5.47. The second-order valence-electron chi connectivity index (χ2n) is 3.65. The van der Waals surface area contributed by atoms with Gasteiger partial charge in [-0.3, -0.25) is 0 Å². The van der Waals surface area contributed by atoms with E-state index in [9.17, 15) is 0 Å². The van der Waals surface area contributed by atoms with Crippen LogP contribution in [0.15, 0.2) is 34.9 Å². The molecule has 2 rings (SSSR count). The smallest absolute Gasteiger partial charge is 0.134 e. The average molecular weight is 189 g/mol. The Morgan fingerprint density at radius 2 is 2.14 bits per heavy atom. The van der Waals surface area contributed by atoms with Crippen LogP contribution in [0, 0.1) is 0 Å². The lowest BCUT2D eigenvalue weighted by atomic mass is 10.1. The van der Waals surface area contributed by atoms with Crippen LogP contribution in [-0.2, 0) is 6.42 Å². The molecule has 0 amide bonds. The van der Waals surface area contributed by atoms with E-state index in [-0.39, 0.29) is 0 Å². The van der Waals surface area contributed by atoms with Crippen LogP contribution in [0.3, 0.4) is 0 Å². The largest absolute Gasteiger partial charge is 0.464 e. The molecule has 74 valence electrons. The van der Waals surface area contributed by atoms with Gasteiger partial charge in [0.2, 0.25) is 0 Å². The number of nitrogens with one attached hydrogen (secondary N) is 1. The molecule has 0 fully saturated rings. The summed E-state index contributed by atoms with van der Waals surface area (Å²) in [5.41, 5.74) is 2.26. The summed E-state index contributed by atoms with van der Waals surface area (Å²) in [6.07, 6.45) is 2.87. The number of rotatable bonds is 3. The molecule has 1 unspecified atom stereocenters. The second-order valence-corrected chi connectivity index (χ2v) is 3.65. The fourth-order valence-electron chi connectivity index (χ4n) is 1.62. The SMILES string of the molecule is CNC(C)Cc1coc2ccccc12. The van der Waals surface area contributed by atoms with Crippen LogP contribution < -0.4 is 5.32 Å². The molecule has 0 aliphatic carbocycles. The summed E-state index contributed by atoms with van der Waals surface area (Å²) in [5, 5.41) is 4.46. The zero-order chi connectivity index (χ0) is 9.97. The van der Waals surface area contributed by atoms with E-state index in [0.29, 0.717) is 6.04 Å². The molecular weight excluding hydrogens is 174 g/mol. The Morgan fingerprint density at radius 3 is 2.93 bits per heavy atom. The molecule has 1 N–H and O–H groups in total. The molecular formula is C12H15NO. The third kappa shape index (κ3) is 1.66. The minimum atomic E-state index is 0.482. The Balaban J connectivity index is 2.33. The highest BCUT2D eigenvalue weighted by Crippen LogP contribution is 2.21. The highest BCUT2D eigenvalue weighted by Gasteiger charge is 2.07. The maximum absolute atomic E-state index is 5.47. The lowest BCUT2D eigenvalue weighted by Gasteiger charge is -2.07. The van der Waals surface area contributed by atoms with E-state index in [0.717, 1.165) is 12.0 Å². The van der Waals surface area contributed by atoms with Crippen LogP contribution in [-0.4, -0.2) is 13.1 Å². The van der Waals surface area contributed by atoms with Gasteiger partial charge in [0.15, 0.2) is 0 Å². The molecule has 2 nitrogen and oxygen atoms in total. The van der Waals surface area contributed by atoms with Crippen molar-refractivity contribution < 1.29 is 4.42 Å². The first-order valence-corrected chi connectivity index (χ1v) is 4.93. The van der Waals surface area contributed by atoms with Gasteiger partial charge in [-0.25, -0.2) is 0 Å². The molecule has 0 saturated heterocycles. The number of hydrogen-bond donors (Lipinski definition) is 1. The Morgan fingerprint density at radius 1 is 1.36 bits per heavy atom. The fraction of sp³-hybridized carbons (Fsp3) is 0.333. The molecule has 0 bridgehead atoms. The number of furan rings is 1. The van der Waals surface area contributed by atoms with E-state index >= 15 is 0 Å². The summed E-state index contributed by atoms with van der Waals surface area (Å²) in [6.45, 7) is 2.17. The van der Waals surface area contributed by atoms with Crippen LogP contribution in [0.2, 0.25) is 0 Å². The molecule has 0 spiro atoms. The standard InChI is InChI=1S/C12H15NO/c1-9(13-2)7-10-8-14-12-6-4-3-5-11(10)12/h3-6,8-9,13H,7H2,1-2H3. The third-order valence-corrected chi connectivity index (χ3v) is 2.58. The first-order valence-electron chi connectivity index (χ1n) is 4.93. The predicted molar refractivity (Wildman–Crippen MR) is 58.4 cm³/mol. The summed E-state index contributed by atoms with van der Waals surface area (Å²) < 4.78 is 5.47. The third-order valence-electron chi connectivity index (χ3n) is 2.58. The summed E-state index contributed by atoms with van der Waals surface area (Å²) in [7, 11) is 1.98. The van der Waals surface area contributed by atoms with Crippen molar-refractivity contribution in [1.82, 2.24) is 5.32 Å². The lowest BCUT2D eigenvalue weighted by Crippen LogP contribution is -2.23. The van der Waals surface area contributed by atoms with Crippen molar-refractivity contribution in [2.75, 3.05) is 7.05 Å². The highest BCUT2D eigenvalue weighted by atomic mass is 16.3. The number of para-hydroxylation sites is 1. The first-order chi connectivity index (χ1) is 6.81. The molecule has 0 radical (unpaired) electrons. The summed E-state index contributed by atoms with van der Waals surface area (Å²) >= 11 is 0. The van der Waals surface area contributed by atoms with Crippen LogP contribution in [0.4, 0.5) is 0 Å². The molecule has 1 atom stereocenters. The van der Waals surface area contributed by atoms with Gasteiger partial charge in [0.05, 0.1) is 6.26 Å². The van der Waals surface area contributed by atoms with Gasteiger partial charge < -0.3 is 9.73 Å². The Kier molecular flexibility index (Phi) is 2.55. The van der Waals surface area contributed by atoms with Gasteiger partial charge in [-0.1, -0.05) is 18.2 Å². The van der Waals surface area contributed by atoms with Crippen molar-refractivity contribution >= 4 is 11.0 Å². The van der Waals surface area contributed by atoms with Gasteiger partial charge in [-0.2, -0.15) is 0 Å². The molecule has 2 aromatic rings. The van der Waals surface area contributed by atoms with Crippen LogP contribution >= 0.6 is 0 Å². The number of fused-ring (bicyclic) bond motifs is 1. The van der Waals surface area contributed by atoms with Crippen molar-refractivity contribution in [3.63, 3.8) is 0 Å². The van der Waals surface area contributed by atoms with E-state index in [2.05, 4.69) is 18.3 Å². The van der Waals surface area contributed by atoms with Crippen molar-refractivity contribution in [3.05, 3.63) is 36.1 Å². The summed E-state index contributed by atoms with van der Waals surface area (Å²) in [6, 6.07) is 8.64. The zero-order valence-electron chi connectivity index (χ0n) is 8.58. The molecule has 14 heavy (non-hydrogen) atoms. The van der Waals surface area contributed by atoms with Crippen molar-refractivity contribution in [2.24, 2.45) is 0 Å². The average Bonchev–Trinajstić information content (AvgIpc) is 2.62. The van der Waals surface area contributed by atoms with Gasteiger partial charge >= 0.3 is 0 Å². The van der Waals surface area contributed by atoms with Gasteiger partial charge in [0.1, 0.15) is 5.58 Å². The van der Waals surface area contributed by atoms with E-state index < -0.39 is 0 Å². The number of likely N-dealkylation sites (N-methyl/N-ethyl adjacent to an activating group) is 1. The second kappa shape index (κ2) is 3.84. The van der Waals surface area contributed by atoms with E-state index in [1.165, 1.54) is 10.9 Å².